The lowest BCUT2D eigenvalue weighted by molar-refractivity contribution is -0.122. The predicted octanol–water partition coefficient (Wildman–Crippen LogP) is 0.755. The molecule has 0 radical (unpaired) electrons. The highest BCUT2D eigenvalue weighted by atomic mass is 19.3. The van der Waals surface area contributed by atoms with Crippen molar-refractivity contribution in [1.82, 2.24) is 30.5 Å². The van der Waals surface area contributed by atoms with Gasteiger partial charge in [0.2, 0.25) is 5.91 Å². The standard InChI is InChI=1S/C20H21F2N7O4/c21-20(22)9-28(8-14(20)33-18(32)26-19-4-10(5-19)6-19)13-3-12(27-29-2-1-23-15(13)29)11-7-24-17(31)25-16(11)30/h1-3,10-11,14H,4-9H2,(H,26,32)(H2,24,25,30,31)/t10?,11?,14-,19?/m0/s1. The summed E-state index contributed by atoms with van der Waals surface area (Å²) in [5, 5.41) is 11.8. The average Bonchev–Trinajstić information content (AvgIpc) is 3.27. The Morgan fingerprint density at radius 2 is 2.06 bits per heavy atom. The molecular weight excluding hydrogens is 440 g/mol. The third kappa shape index (κ3) is 3.25. The molecule has 3 aliphatic carbocycles. The Hall–Kier alpha value is -3.51. The Labute approximate surface area is 185 Å². The van der Waals surface area contributed by atoms with Gasteiger partial charge in [-0.3, -0.25) is 10.1 Å². The van der Waals surface area contributed by atoms with E-state index in [2.05, 4.69) is 26.0 Å². The number of imide groups is 1. The second-order valence-corrected chi connectivity index (χ2v) is 9.32. The van der Waals surface area contributed by atoms with Crippen LogP contribution < -0.4 is 20.9 Å². The van der Waals surface area contributed by atoms with Gasteiger partial charge in [-0.05, 0) is 31.2 Å². The zero-order valence-electron chi connectivity index (χ0n) is 17.4. The summed E-state index contributed by atoms with van der Waals surface area (Å²) in [6, 6.07) is 0.918. The second kappa shape index (κ2) is 6.75. The molecule has 5 fully saturated rings. The lowest BCUT2D eigenvalue weighted by Crippen LogP contribution is -2.68. The van der Waals surface area contributed by atoms with Crippen LogP contribution in [0.4, 0.5) is 24.1 Å². The van der Waals surface area contributed by atoms with Crippen molar-refractivity contribution in [1.29, 1.82) is 0 Å². The minimum atomic E-state index is -3.28. The number of nitrogens with zero attached hydrogens (tertiary/aromatic N) is 4. The normalized spacial score (nSPS) is 31.9. The molecule has 174 valence electrons. The molecule has 0 aromatic carbocycles. The summed E-state index contributed by atoms with van der Waals surface area (Å²) >= 11 is 0. The first kappa shape index (κ1) is 20.1. The first-order valence-electron chi connectivity index (χ1n) is 10.8. The lowest BCUT2D eigenvalue weighted by atomic mass is 9.50. The number of carbonyl (C=O) groups is 3. The van der Waals surface area contributed by atoms with Gasteiger partial charge in [-0.1, -0.05) is 0 Å². The van der Waals surface area contributed by atoms with Crippen molar-refractivity contribution in [2.24, 2.45) is 5.92 Å². The molecule has 4 heterocycles. The number of anilines is 1. The molecule has 2 aromatic rings. The van der Waals surface area contributed by atoms with Crippen LogP contribution in [-0.2, 0) is 9.53 Å². The van der Waals surface area contributed by atoms with Crippen LogP contribution in [0.15, 0.2) is 18.5 Å². The molecule has 5 aliphatic rings. The summed E-state index contributed by atoms with van der Waals surface area (Å²) in [6.07, 6.45) is 3.19. The van der Waals surface area contributed by atoms with Crippen molar-refractivity contribution in [3.05, 3.63) is 24.2 Å². The van der Waals surface area contributed by atoms with Gasteiger partial charge in [-0.15, -0.1) is 0 Å². The van der Waals surface area contributed by atoms with Crippen LogP contribution in [0.5, 0.6) is 0 Å². The minimum absolute atomic E-state index is 0.0297. The molecule has 0 spiro atoms. The molecular formula is C20H21F2N7O4. The Balaban J connectivity index is 1.25. The number of amides is 4. The highest BCUT2D eigenvalue weighted by Crippen LogP contribution is 2.57. The molecule has 2 atom stereocenters. The average molecular weight is 461 g/mol. The lowest BCUT2D eigenvalue weighted by Gasteiger charge is -2.61. The maximum Gasteiger partial charge on any atom is 0.408 e. The van der Waals surface area contributed by atoms with Crippen LogP contribution in [-0.4, -0.2) is 69.8 Å². The molecule has 3 saturated carbocycles. The number of imidazole rings is 1. The van der Waals surface area contributed by atoms with Crippen LogP contribution in [0.1, 0.15) is 30.9 Å². The number of ether oxygens (including phenoxy) is 1. The van der Waals surface area contributed by atoms with Gasteiger partial charge in [0.15, 0.2) is 11.8 Å². The number of carbonyl (C=O) groups excluding carboxylic acids is 3. The van der Waals surface area contributed by atoms with Crippen molar-refractivity contribution in [2.75, 3.05) is 24.5 Å². The number of alkyl halides is 2. The van der Waals surface area contributed by atoms with E-state index in [1.165, 1.54) is 21.7 Å². The number of alkyl carbamates (subject to hydrolysis) is 1. The fourth-order valence-electron chi connectivity index (χ4n) is 5.16. The van der Waals surface area contributed by atoms with E-state index in [0.717, 1.165) is 19.3 Å². The molecule has 4 amide bonds. The molecule has 1 unspecified atom stereocenters. The van der Waals surface area contributed by atoms with E-state index in [-0.39, 0.29) is 18.6 Å². The smallest absolute Gasteiger partial charge is 0.408 e. The summed E-state index contributed by atoms with van der Waals surface area (Å²) in [5.41, 5.74) is 0.684. The number of halogens is 2. The van der Waals surface area contributed by atoms with Crippen molar-refractivity contribution in [2.45, 2.75) is 42.7 Å². The van der Waals surface area contributed by atoms with Gasteiger partial charge in [-0.25, -0.2) is 27.9 Å². The number of urea groups is 1. The van der Waals surface area contributed by atoms with E-state index in [0.29, 0.717) is 22.9 Å². The van der Waals surface area contributed by atoms with Crippen molar-refractivity contribution in [3.8, 4) is 0 Å². The van der Waals surface area contributed by atoms with Crippen LogP contribution in [0.25, 0.3) is 5.65 Å². The third-order valence-corrected chi connectivity index (χ3v) is 6.99. The Morgan fingerprint density at radius 1 is 1.27 bits per heavy atom. The van der Waals surface area contributed by atoms with Gasteiger partial charge in [0, 0.05) is 24.5 Å². The molecule has 2 bridgehead atoms. The van der Waals surface area contributed by atoms with Crippen molar-refractivity contribution in [3.63, 3.8) is 0 Å². The molecule has 3 N–H and O–H groups in total. The molecule has 2 aromatic heterocycles. The fraction of sp³-hybridized carbons (Fsp3) is 0.550. The number of fused-ring (bicyclic) bond motifs is 1. The summed E-state index contributed by atoms with van der Waals surface area (Å²) in [6.45, 7) is -0.894. The van der Waals surface area contributed by atoms with Gasteiger partial charge >= 0.3 is 18.0 Å². The van der Waals surface area contributed by atoms with E-state index in [4.69, 9.17) is 4.74 Å². The topological polar surface area (TPSA) is 130 Å². The van der Waals surface area contributed by atoms with E-state index in [9.17, 15) is 23.2 Å². The Morgan fingerprint density at radius 3 is 2.76 bits per heavy atom. The Kier molecular flexibility index (Phi) is 4.11. The number of hydrogen-bond acceptors (Lipinski definition) is 7. The van der Waals surface area contributed by atoms with E-state index in [1.54, 1.807) is 6.20 Å². The summed E-state index contributed by atoms with van der Waals surface area (Å²) < 4.78 is 36.2. The first-order valence-corrected chi connectivity index (χ1v) is 10.8. The third-order valence-electron chi connectivity index (χ3n) is 6.99. The van der Waals surface area contributed by atoms with Gasteiger partial charge in [0.25, 0.3) is 0 Å². The maximum absolute atomic E-state index is 14.8. The highest BCUT2D eigenvalue weighted by Gasteiger charge is 2.58. The summed E-state index contributed by atoms with van der Waals surface area (Å²) in [7, 11) is 0. The van der Waals surface area contributed by atoms with Gasteiger partial charge in [-0.2, -0.15) is 5.10 Å². The largest absolute Gasteiger partial charge is 0.438 e. The van der Waals surface area contributed by atoms with E-state index in [1.807, 2.05) is 0 Å². The molecule has 11 nitrogen and oxygen atoms in total. The van der Waals surface area contributed by atoms with Gasteiger partial charge in [0.05, 0.1) is 30.4 Å². The zero-order chi connectivity index (χ0) is 23.0. The van der Waals surface area contributed by atoms with Gasteiger partial charge < -0.3 is 20.3 Å². The number of rotatable bonds is 4. The second-order valence-electron chi connectivity index (χ2n) is 9.32. The van der Waals surface area contributed by atoms with E-state index < -0.39 is 42.5 Å². The molecule has 7 rings (SSSR count). The van der Waals surface area contributed by atoms with Crippen LogP contribution in [0.3, 0.4) is 0 Å². The maximum atomic E-state index is 14.8. The Bertz CT molecular complexity index is 1170. The monoisotopic (exact) mass is 461 g/mol. The van der Waals surface area contributed by atoms with Crippen molar-refractivity contribution >= 4 is 29.4 Å². The summed E-state index contributed by atoms with van der Waals surface area (Å²) in [5.74, 6) is -3.97. The van der Waals surface area contributed by atoms with E-state index >= 15 is 0 Å². The summed E-state index contributed by atoms with van der Waals surface area (Å²) in [4.78, 5) is 41.5. The van der Waals surface area contributed by atoms with Crippen LogP contribution in [0.2, 0.25) is 0 Å². The number of nitrogens with one attached hydrogen (secondary N) is 3. The zero-order valence-corrected chi connectivity index (χ0v) is 17.4. The van der Waals surface area contributed by atoms with Crippen LogP contribution in [0, 0.1) is 5.92 Å². The quantitative estimate of drug-likeness (QED) is 0.613. The number of aromatic nitrogens is 3. The minimum Gasteiger partial charge on any atom is -0.438 e. The first-order chi connectivity index (χ1) is 15.7. The molecule has 33 heavy (non-hydrogen) atoms. The highest BCUT2D eigenvalue weighted by molar-refractivity contribution is 6.00. The molecule has 13 heteroatoms. The molecule has 2 saturated heterocycles. The van der Waals surface area contributed by atoms with Crippen molar-refractivity contribution < 1.29 is 27.9 Å². The fourth-order valence-corrected chi connectivity index (χ4v) is 5.16. The van der Waals surface area contributed by atoms with Crippen LogP contribution >= 0.6 is 0 Å². The molecule has 2 aliphatic heterocycles. The number of hydrogen-bond donors (Lipinski definition) is 3. The predicted molar refractivity (Wildman–Crippen MR) is 108 cm³/mol. The van der Waals surface area contributed by atoms with Gasteiger partial charge in [0.1, 0.15) is 0 Å². The SMILES string of the molecule is O=C1NCC(c2cc(N3C[C@H](OC(=O)NC45CC(C4)C5)C(F)(F)C3)c3nccn3n2)C(=O)N1.